The molecule has 0 aliphatic heterocycles. The molecule has 0 aliphatic carbocycles. The lowest BCUT2D eigenvalue weighted by molar-refractivity contribution is -0.138. The molecule has 0 radical (unpaired) electrons. The lowest BCUT2D eigenvalue weighted by Gasteiger charge is -2.14. The monoisotopic (exact) mass is 353 g/mol. The molecular weight excluding hydrogens is 339 g/mol. The molecule has 0 aliphatic rings. The Bertz CT molecular complexity index is 791. The molecule has 1 heterocycles. The Morgan fingerprint density at radius 3 is 2.56 bits per heavy atom. The third-order valence-corrected chi connectivity index (χ3v) is 3.05. The third-order valence-electron chi connectivity index (χ3n) is 3.05. The van der Waals surface area contributed by atoms with E-state index in [1.54, 1.807) is 12.1 Å². The van der Waals surface area contributed by atoms with Crippen LogP contribution in [0.15, 0.2) is 47.8 Å². The van der Waals surface area contributed by atoms with Crippen LogP contribution in [0.5, 0.6) is 11.6 Å². The number of rotatable bonds is 5. The van der Waals surface area contributed by atoms with E-state index in [0.717, 1.165) is 12.1 Å². The number of likely N-dealkylation sites (N-methyl/N-ethyl adjacent to an activating group) is 1. The summed E-state index contributed by atoms with van der Waals surface area (Å²) in [6.07, 6.45) is -3.46. The average Bonchev–Trinajstić information content (AvgIpc) is 2.59. The predicted octanol–water partition coefficient (Wildman–Crippen LogP) is 2.99. The number of hydrogen-bond acceptors (Lipinski definition) is 5. The summed E-state index contributed by atoms with van der Waals surface area (Å²) in [5.74, 6) is -1.24. The van der Waals surface area contributed by atoms with E-state index in [0.29, 0.717) is 0 Å². The van der Waals surface area contributed by atoms with Gasteiger partial charge in [-0.05, 0) is 24.3 Å². The van der Waals surface area contributed by atoms with Crippen molar-refractivity contribution in [2.45, 2.75) is 6.18 Å². The normalized spacial score (nSPS) is 11.8. The van der Waals surface area contributed by atoms with Crippen molar-refractivity contribution in [2.75, 3.05) is 14.2 Å². The van der Waals surface area contributed by atoms with Gasteiger partial charge in [-0.1, -0.05) is 17.3 Å². The number of alkyl halides is 3. The molecule has 0 spiro atoms. The molecule has 0 atom stereocenters. The second-order valence-corrected chi connectivity index (χ2v) is 4.65. The number of benzene rings is 1. The Balaban J connectivity index is 2.50. The van der Waals surface area contributed by atoms with Gasteiger partial charge in [0.2, 0.25) is 5.88 Å². The molecular formula is C16H14F3N3O3. The van der Waals surface area contributed by atoms with Crippen LogP contribution < -0.4 is 10.1 Å². The minimum Gasteiger partial charge on any atom is -0.438 e. The van der Waals surface area contributed by atoms with Gasteiger partial charge in [0.15, 0.2) is 5.71 Å². The molecule has 6 nitrogen and oxygen atoms in total. The van der Waals surface area contributed by atoms with Crippen molar-refractivity contribution in [2.24, 2.45) is 5.16 Å². The van der Waals surface area contributed by atoms with E-state index in [2.05, 4.69) is 20.3 Å². The molecule has 0 bridgehead atoms. The maximum absolute atomic E-state index is 13.1. The van der Waals surface area contributed by atoms with E-state index < -0.39 is 23.5 Å². The summed E-state index contributed by atoms with van der Waals surface area (Å²) in [6.45, 7) is 0. The summed E-state index contributed by atoms with van der Waals surface area (Å²) in [5, 5.41) is 5.99. The summed E-state index contributed by atoms with van der Waals surface area (Å²) < 4.78 is 44.6. The summed E-state index contributed by atoms with van der Waals surface area (Å²) in [5.41, 5.74) is -1.03. The number of halogens is 3. The zero-order valence-electron chi connectivity index (χ0n) is 13.3. The number of carbonyl (C=O) groups excluding carboxylic acids is 1. The van der Waals surface area contributed by atoms with E-state index in [-0.39, 0.29) is 17.0 Å². The number of aromatic nitrogens is 1. The number of para-hydroxylation sites is 1. The Morgan fingerprint density at radius 2 is 1.92 bits per heavy atom. The third kappa shape index (κ3) is 4.25. The number of nitrogens with zero attached hydrogens (tertiary/aromatic N) is 2. The maximum Gasteiger partial charge on any atom is 0.421 e. The highest BCUT2D eigenvalue weighted by Crippen LogP contribution is 2.37. The van der Waals surface area contributed by atoms with Gasteiger partial charge in [-0.25, -0.2) is 4.98 Å². The maximum atomic E-state index is 13.1. The van der Waals surface area contributed by atoms with Crippen LogP contribution >= 0.6 is 0 Å². The first kappa shape index (κ1) is 18.2. The fraction of sp³-hybridized carbons (Fsp3) is 0.188. The van der Waals surface area contributed by atoms with Crippen molar-refractivity contribution in [1.82, 2.24) is 10.3 Å². The second-order valence-electron chi connectivity index (χ2n) is 4.65. The Labute approximate surface area is 141 Å². The Hall–Kier alpha value is -3.10. The average molecular weight is 353 g/mol. The van der Waals surface area contributed by atoms with Gasteiger partial charge in [0.25, 0.3) is 5.91 Å². The number of nitrogens with one attached hydrogen (secondary N) is 1. The van der Waals surface area contributed by atoms with Crippen LogP contribution in [-0.2, 0) is 15.8 Å². The largest absolute Gasteiger partial charge is 0.438 e. The molecule has 2 rings (SSSR count). The highest BCUT2D eigenvalue weighted by molar-refractivity contribution is 6.45. The van der Waals surface area contributed by atoms with Crippen molar-refractivity contribution < 1.29 is 27.5 Å². The molecule has 132 valence electrons. The van der Waals surface area contributed by atoms with Crippen LogP contribution in [0.1, 0.15) is 11.1 Å². The summed E-state index contributed by atoms with van der Waals surface area (Å²) in [7, 11) is 2.63. The lowest BCUT2D eigenvalue weighted by Crippen LogP contribution is -2.28. The van der Waals surface area contributed by atoms with E-state index in [1.807, 2.05) is 0 Å². The van der Waals surface area contributed by atoms with Crippen molar-refractivity contribution in [3.05, 3.63) is 53.7 Å². The van der Waals surface area contributed by atoms with Crippen LogP contribution in [0.4, 0.5) is 13.2 Å². The number of hydrogen-bond donors (Lipinski definition) is 1. The number of ether oxygens (including phenoxy) is 1. The topological polar surface area (TPSA) is 72.8 Å². The van der Waals surface area contributed by atoms with Crippen LogP contribution in [0.3, 0.4) is 0 Å². The summed E-state index contributed by atoms with van der Waals surface area (Å²) in [6, 6.07) is 8.01. The van der Waals surface area contributed by atoms with Gasteiger partial charge in [0.1, 0.15) is 18.4 Å². The fourth-order valence-electron chi connectivity index (χ4n) is 1.97. The highest BCUT2D eigenvalue weighted by Gasteiger charge is 2.35. The first-order valence-corrected chi connectivity index (χ1v) is 7.01. The molecule has 9 heteroatoms. The van der Waals surface area contributed by atoms with Gasteiger partial charge in [-0.2, -0.15) is 13.2 Å². The number of oxime groups is 1. The Morgan fingerprint density at radius 1 is 1.20 bits per heavy atom. The molecule has 1 N–H and O–H groups in total. The first-order chi connectivity index (χ1) is 11.9. The number of pyridine rings is 1. The van der Waals surface area contributed by atoms with Crippen LogP contribution in [-0.4, -0.2) is 30.8 Å². The molecule has 0 saturated carbocycles. The van der Waals surface area contributed by atoms with E-state index >= 15 is 0 Å². The van der Waals surface area contributed by atoms with Crippen molar-refractivity contribution in [1.29, 1.82) is 0 Å². The minimum absolute atomic E-state index is 0.0221. The second kappa shape index (κ2) is 7.65. The van der Waals surface area contributed by atoms with E-state index in [9.17, 15) is 18.0 Å². The molecule has 0 unspecified atom stereocenters. The van der Waals surface area contributed by atoms with Gasteiger partial charge >= 0.3 is 6.18 Å². The van der Waals surface area contributed by atoms with Crippen LogP contribution in [0.25, 0.3) is 0 Å². The molecule has 1 aromatic heterocycles. The van der Waals surface area contributed by atoms with Crippen molar-refractivity contribution >= 4 is 11.6 Å². The first-order valence-electron chi connectivity index (χ1n) is 7.01. The van der Waals surface area contributed by atoms with Crippen molar-refractivity contribution in [3.63, 3.8) is 0 Å². The molecule has 1 amide bonds. The van der Waals surface area contributed by atoms with E-state index in [1.165, 1.54) is 32.5 Å². The Kier molecular flexibility index (Phi) is 5.58. The molecule has 0 fully saturated rings. The fourth-order valence-corrected chi connectivity index (χ4v) is 1.97. The highest BCUT2D eigenvalue weighted by atomic mass is 19.4. The SMILES string of the molecule is CNC(=O)C(=NOC)c1ccccc1Oc1ncccc1C(F)(F)F. The quantitative estimate of drug-likeness (QED) is 0.663. The van der Waals surface area contributed by atoms with Gasteiger partial charge in [-0.15, -0.1) is 0 Å². The molecule has 2 aromatic rings. The zero-order valence-corrected chi connectivity index (χ0v) is 13.3. The molecule has 25 heavy (non-hydrogen) atoms. The number of amides is 1. The van der Waals surface area contributed by atoms with Gasteiger partial charge in [0.05, 0.1) is 5.56 Å². The lowest BCUT2D eigenvalue weighted by atomic mass is 10.1. The summed E-state index contributed by atoms with van der Waals surface area (Å²) >= 11 is 0. The minimum atomic E-state index is -4.64. The molecule has 0 saturated heterocycles. The summed E-state index contributed by atoms with van der Waals surface area (Å²) in [4.78, 5) is 20.2. The van der Waals surface area contributed by atoms with Crippen molar-refractivity contribution in [3.8, 4) is 11.6 Å². The van der Waals surface area contributed by atoms with Gasteiger partial charge in [-0.3, -0.25) is 4.79 Å². The standard InChI is InChI=1S/C16H14F3N3O3/c1-20-14(23)13(22-24-2)10-6-3-4-8-12(10)25-15-11(16(17,18)19)7-5-9-21-15/h3-9H,1-2H3,(H,20,23). The predicted molar refractivity (Wildman–Crippen MR) is 83.4 cm³/mol. The van der Waals surface area contributed by atoms with E-state index in [4.69, 9.17) is 4.74 Å². The van der Waals surface area contributed by atoms with Gasteiger partial charge < -0.3 is 14.9 Å². The number of carbonyl (C=O) groups is 1. The molecule has 1 aromatic carbocycles. The van der Waals surface area contributed by atoms with Gasteiger partial charge in [0, 0.05) is 13.2 Å². The van der Waals surface area contributed by atoms with Crippen LogP contribution in [0, 0.1) is 0 Å². The zero-order chi connectivity index (χ0) is 18.4. The smallest absolute Gasteiger partial charge is 0.421 e. The van der Waals surface area contributed by atoms with Crippen LogP contribution in [0.2, 0.25) is 0 Å².